The van der Waals surface area contributed by atoms with Crippen molar-refractivity contribution >= 4 is 16.9 Å². The third-order valence-corrected chi connectivity index (χ3v) is 5.56. The van der Waals surface area contributed by atoms with Crippen molar-refractivity contribution in [2.24, 2.45) is 5.92 Å². The maximum absolute atomic E-state index is 13.8. The summed E-state index contributed by atoms with van der Waals surface area (Å²) in [5.74, 6) is 0.416. The lowest BCUT2D eigenvalue weighted by Gasteiger charge is -2.35. The second-order valence-corrected chi connectivity index (χ2v) is 7.25. The van der Waals surface area contributed by atoms with Crippen LogP contribution in [-0.2, 0) is 4.74 Å². The molecule has 0 spiro atoms. The van der Waals surface area contributed by atoms with E-state index in [0.717, 1.165) is 38.8 Å². The van der Waals surface area contributed by atoms with Gasteiger partial charge in [-0.3, -0.25) is 9.69 Å². The van der Waals surface area contributed by atoms with E-state index in [9.17, 15) is 9.18 Å². The number of rotatable bonds is 4. The average molecular weight is 360 g/mol. The molecule has 26 heavy (non-hydrogen) atoms. The molecule has 0 bridgehead atoms. The monoisotopic (exact) mass is 360 g/mol. The van der Waals surface area contributed by atoms with Gasteiger partial charge in [0.2, 0.25) is 0 Å². The summed E-state index contributed by atoms with van der Waals surface area (Å²) in [5, 5.41) is 0.628. The molecular weight excluding hydrogens is 335 g/mol. The summed E-state index contributed by atoms with van der Waals surface area (Å²) in [5.41, 5.74) is 0.158. The zero-order valence-corrected chi connectivity index (χ0v) is 15.0. The Morgan fingerprint density at radius 1 is 1.15 bits per heavy atom. The molecule has 1 amide bonds. The summed E-state index contributed by atoms with van der Waals surface area (Å²) < 4.78 is 24.7. The van der Waals surface area contributed by atoms with Crippen molar-refractivity contribution in [1.82, 2.24) is 9.80 Å². The minimum Gasteiger partial charge on any atom is -0.448 e. The number of hydrogen-bond acceptors (Lipinski definition) is 4. The van der Waals surface area contributed by atoms with E-state index in [4.69, 9.17) is 9.15 Å². The van der Waals surface area contributed by atoms with Gasteiger partial charge < -0.3 is 14.1 Å². The molecule has 3 heterocycles. The number of carbonyl (C=O) groups excluding carboxylic acids is 1. The first kappa shape index (κ1) is 17.5. The summed E-state index contributed by atoms with van der Waals surface area (Å²) in [7, 11) is 0. The van der Waals surface area contributed by atoms with Crippen LogP contribution in [-0.4, -0.2) is 61.6 Å². The number of fused-ring (bicyclic) bond motifs is 1. The average Bonchev–Trinajstić information content (AvgIpc) is 3.13. The second kappa shape index (κ2) is 7.76. The van der Waals surface area contributed by atoms with Gasteiger partial charge in [0.05, 0.1) is 0 Å². The van der Waals surface area contributed by atoms with Gasteiger partial charge in [0.25, 0.3) is 5.91 Å². The molecule has 140 valence electrons. The predicted octanol–water partition coefficient (Wildman–Crippen LogP) is 3.15. The van der Waals surface area contributed by atoms with E-state index in [2.05, 4.69) is 4.90 Å². The van der Waals surface area contributed by atoms with Gasteiger partial charge in [-0.25, -0.2) is 4.39 Å². The molecule has 4 rings (SSSR count). The van der Waals surface area contributed by atoms with Crippen molar-refractivity contribution in [3.05, 3.63) is 35.8 Å². The van der Waals surface area contributed by atoms with Crippen LogP contribution in [0.3, 0.4) is 0 Å². The van der Waals surface area contributed by atoms with Crippen molar-refractivity contribution in [3.63, 3.8) is 0 Å². The Morgan fingerprint density at radius 2 is 1.92 bits per heavy atom. The van der Waals surface area contributed by atoms with Crippen molar-refractivity contribution in [2.45, 2.75) is 19.3 Å². The molecule has 1 aromatic carbocycles. The maximum atomic E-state index is 13.8. The minimum atomic E-state index is -0.431. The molecule has 2 saturated heterocycles. The lowest BCUT2D eigenvalue weighted by atomic mass is 9.96. The van der Waals surface area contributed by atoms with E-state index >= 15 is 0 Å². The number of ether oxygens (including phenoxy) is 1. The second-order valence-electron chi connectivity index (χ2n) is 7.25. The van der Waals surface area contributed by atoms with Gasteiger partial charge in [0.15, 0.2) is 17.2 Å². The number of hydrogen-bond donors (Lipinski definition) is 0. The fourth-order valence-corrected chi connectivity index (χ4v) is 3.86. The van der Waals surface area contributed by atoms with Crippen LogP contribution in [0.4, 0.5) is 4.39 Å². The van der Waals surface area contributed by atoms with Gasteiger partial charge in [-0.15, -0.1) is 0 Å². The van der Waals surface area contributed by atoms with Gasteiger partial charge in [-0.1, -0.05) is 12.1 Å². The molecule has 0 unspecified atom stereocenters. The summed E-state index contributed by atoms with van der Waals surface area (Å²) in [6.07, 6.45) is 3.54. The van der Waals surface area contributed by atoms with E-state index in [0.29, 0.717) is 18.5 Å². The van der Waals surface area contributed by atoms with Crippen LogP contribution in [0.1, 0.15) is 29.8 Å². The standard InChI is InChI=1S/C20H25FN2O3/c21-17-3-1-2-16-14-18(26-19(16)17)20(24)23-10-8-22(9-11-23)7-4-15-5-12-25-13-6-15/h1-3,14-15H,4-13H2. The van der Waals surface area contributed by atoms with Crippen LogP contribution in [0.25, 0.3) is 11.0 Å². The van der Waals surface area contributed by atoms with Crippen molar-refractivity contribution in [2.75, 3.05) is 45.9 Å². The number of nitrogens with zero attached hydrogens (tertiary/aromatic N) is 2. The Balaban J connectivity index is 1.30. The number of piperazine rings is 1. The molecule has 0 radical (unpaired) electrons. The van der Waals surface area contributed by atoms with Crippen LogP contribution >= 0.6 is 0 Å². The fraction of sp³-hybridized carbons (Fsp3) is 0.550. The first-order valence-corrected chi connectivity index (χ1v) is 9.48. The smallest absolute Gasteiger partial charge is 0.289 e. The minimum absolute atomic E-state index is 0.148. The topological polar surface area (TPSA) is 45.9 Å². The molecule has 5 nitrogen and oxygen atoms in total. The molecule has 0 aliphatic carbocycles. The highest BCUT2D eigenvalue weighted by Crippen LogP contribution is 2.24. The molecule has 6 heteroatoms. The van der Waals surface area contributed by atoms with Crippen LogP contribution in [0.5, 0.6) is 0 Å². The zero-order valence-electron chi connectivity index (χ0n) is 15.0. The van der Waals surface area contributed by atoms with Gasteiger partial charge in [-0.2, -0.15) is 0 Å². The lowest BCUT2D eigenvalue weighted by Crippen LogP contribution is -2.49. The van der Waals surface area contributed by atoms with E-state index in [1.807, 2.05) is 0 Å². The van der Waals surface area contributed by atoms with Crippen LogP contribution in [0.15, 0.2) is 28.7 Å². The number of amides is 1. The molecule has 0 saturated carbocycles. The Morgan fingerprint density at radius 3 is 2.65 bits per heavy atom. The van der Waals surface area contributed by atoms with E-state index in [1.165, 1.54) is 25.3 Å². The molecule has 2 aliphatic heterocycles. The van der Waals surface area contributed by atoms with Gasteiger partial charge in [-0.05, 0) is 43.9 Å². The van der Waals surface area contributed by atoms with E-state index < -0.39 is 5.82 Å². The summed E-state index contributed by atoms with van der Waals surface area (Å²) in [4.78, 5) is 16.9. The summed E-state index contributed by atoms with van der Waals surface area (Å²) in [6, 6.07) is 6.36. The quantitative estimate of drug-likeness (QED) is 0.840. The molecule has 1 aromatic heterocycles. The molecule has 2 fully saturated rings. The number of carbonyl (C=O) groups is 1. The number of benzene rings is 1. The molecule has 0 N–H and O–H groups in total. The number of furan rings is 1. The first-order valence-electron chi connectivity index (χ1n) is 9.48. The highest BCUT2D eigenvalue weighted by molar-refractivity contribution is 5.96. The Labute approximate surface area is 152 Å². The Hall–Kier alpha value is -1.92. The fourth-order valence-electron chi connectivity index (χ4n) is 3.86. The van der Waals surface area contributed by atoms with Crippen LogP contribution in [0.2, 0.25) is 0 Å². The van der Waals surface area contributed by atoms with Gasteiger partial charge in [0, 0.05) is 44.8 Å². The Bertz CT molecular complexity index is 762. The van der Waals surface area contributed by atoms with Crippen LogP contribution < -0.4 is 0 Å². The van der Waals surface area contributed by atoms with Crippen molar-refractivity contribution in [1.29, 1.82) is 0 Å². The summed E-state index contributed by atoms with van der Waals surface area (Å²) in [6.45, 7) is 6.00. The lowest BCUT2D eigenvalue weighted by molar-refractivity contribution is 0.0506. The molecule has 0 atom stereocenters. The van der Waals surface area contributed by atoms with Crippen LogP contribution in [0, 0.1) is 11.7 Å². The molecule has 2 aliphatic rings. The predicted molar refractivity (Wildman–Crippen MR) is 96.7 cm³/mol. The largest absolute Gasteiger partial charge is 0.448 e. The maximum Gasteiger partial charge on any atom is 0.289 e. The van der Waals surface area contributed by atoms with Gasteiger partial charge >= 0.3 is 0 Å². The van der Waals surface area contributed by atoms with E-state index in [1.54, 1.807) is 23.1 Å². The van der Waals surface area contributed by atoms with Crippen molar-refractivity contribution < 1.29 is 18.3 Å². The SMILES string of the molecule is O=C(c1cc2cccc(F)c2o1)N1CCN(CCC2CCOCC2)CC1. The van der Waals surface area contributed by atoms with Gasteiger partial charge in [0.1, 0.15) is 0 Å². The first-order chi connectivity index (χ1) is 12.7. The normalized spacial score (nSPS) is 20.0. The molecular formula is C20H25FN2O3. The zero-order chi connectivity index (χ0) is 17.9. The highest BCUT2D eigenvalue weighted by Gasteiger charge is 2.25. The third kappa shape index (κ3) is 3.76. The number of para-hydroxylation sites is 1. The highest BCUT2D eigenvalue weighted by atomic mass is 19.1. The van der Waals surface area contributed by atoms with E-state index in [-0.39, 0.29) is 17.3 Å². The summed E-state index contributed by atoms with van der Waals surface area (Å²) >= 11 is 0. The third-order valence-electron chi connectivity index (χ3n) is 5.56. The number of halogens is 1. The Kier molecular flexibility index (Phi) is 5.22. The van der Waals surface area contributed by atoms with Crippen molar-refractivity contribution in [3.8, 4) is 0 Å². The molecule has 2 aromatic rings.